The van der Waals surface area contributed by atoms with E-state index < -0.39 is 0 Å². The van der Waals surface area contributed by atoms with Gasteiger partial charge in [0.25, 0.3) is 0 Å². The van der Waals surface area contributed by atoms with E-state index in [2.05, 4.69) is 23.4 Å². The molecule has 1 atom stereocenters. The highest BCUT2D eigenvalue weighted by Crippen LogP contribution is 2.05. The van der Waals surface area contributed by atoms with Crippen LogP contribution in [0.25, 0.3) is 0 Å². The van der Waals surface area contributed by atoms with E-state index in [0.29, 0.717) is 6.04 Å². The molecule has 0 aromatic heterocycles. The summed E-state index contributed by atoms with van der Waals surface area (Å²) in [6, 6.07) is 0.664. The molecular weight excluding hydrogens is 180 g/mol. The van der Waals surface area contributed by atoms with Crippen LogP contribution in [0.2, 0.25) is 0 Å². The highest BCUT2D eigenvalue weighted by atomic mass is 32.2. The number of nitrogens with one attached hydrogen (secondary N) is 1. The van der Waals surface area contributed by atoms with Gasteiger partial charge in [-0.3, -0.25) is 0 Å². The van der Waals surface area contributed by atoms with E-state index in [0.717, 1.165) is 6.54 Å². The number of nitrogens with zero attached hydrogens (tertiary/aromatic N) is 1. The van der Waals surface area contributed by atoms with E-state index in [1.54, 1.807) is 0 Å². The van der Waals surface area contributed by atoms with E-state index in [1.165, 1.54) is 38.2 Å². The van der Waals surface area contributed by atoms with E-state index in [9.17, 15) is 0 Å². The lowest BCUT2D eigenvalue weighted by atomic mass is 10.4. The maximum absolute atomic E-state index is 3.55. The fourth-order valence-corrected chi connectivity index (χ4v) is 2.40. The van der Waals surface area contributed by atoms with Gasteiger partial charge in [-0.2, -0.15) is 11.8 Å². The zero-order valence-corrected chi connectivity index (χ0v) is 9.70. The lowest BCUT2D eigenvalue weighted by Gasteiger charge is -2.17. The van der Waals surface area contributed by atoms with Crippen molar-refractivity contribution in [2.45, 2.75) is 25.8 Å². The maximum atomic E-state index is 3.55. The summed E-state index contributed by atoms with van der Waals surface area (Å²) in [6.07, 6.45) is 4.97. The van der Waals surface area contributed by atoms with Crippen LogP contribution in [0.15, 0.2) is 0 Å². The van der Waals surface area contributed by atoms with Gasteiger partial charge in [-0.05, 0) is 39.1 Å². The summed E-state index contributed by atoms with van der Waals surface area (Å²) < 4.78 is 0. The summed E-state index contributed by atoms with van der Waals surface area (Å²) >= 11 is 1.92. The number of hydrogen-bond acceptors (Lipinski definition) is 3. The Kier molecular flexibility index (Phi) is 5.83. The largest absolute Gasteiger partial charge is 0.312 e. The first-order chi connectivity index (χ1) is 6.33. The zero-order valence-electron chi connectivity index (χ0n) is 8.88. The third-order valence-electron chi connectivity index (χ3n) is 2.54. The molecule has 0 aromatic carbocycles. The molecule has 78 valence electrons. The predicted octanol–water partition coefficient (Wildman–Crippen LogP) is 1.42. The summed E-state index contributed by atoms with van der Waals surface area (Å²) in [6.45, 7) is 7.29. The Hall–Kier alpha value is 0.270. The standard InChI is InChI=1S/C10H22N2S/c1-10(9-13-2)11-5-8-12-6-3-4-7-12/h10-11H,3-9H2,1-2H3. The predicted molar refractivity (Wildman–Crippen MR) is 61.5 cm³/mol. The molecule has 1 aliphatic rings. The fourth-order valence-electron chi connectivity index (χ4n) is 1.78. The van der Waals surface area contributed by atoms with Crippen LogP contribution in [0.3, 0.4) is 0 Å². The van der Waals surface area contributed by atoms with Crippen LogP contribution in [0.4, 0.5) is 0 Å². The molecule has 1 unspecified atom stereocenters. The Morgan fingerprint density at radius 2 is 2.08 bits per heavy atom. The van der Waals surface area contributed by atoms with Crippen LogP contribution in [0.5, 0.6) is 0 Å². The monoisotopic (exact) mass is 202 g/mol. The number of thioether (sulfide) groups is 1. The van der Waals surface area contributed by atoms with Gasteiger partial charge < -0.3 is 10.2 Å². The number of rotatable bonds is 6. The molecule has 1 saturated heterocycles. The van der Waals surface area contributed by atoms with Crippen molar-refractivity contribution in [3.05, 3.63) is 0 Å². The normalized spacial score (nSPS) is 20.8. The third-order valence-corrected chi connectivity index (χ3v) is 3.37. The lowest BCUT2D eigenvalue weighted by molar-refractivity contribution is 0.331. The van der Waals surface area contributed by atoms with Crippen LogP contribution >= 0.6 is 11.8 Å². The molecule has 13 heavy (non-hydrogen) atoms. The molecule has 0 amide bonds. The van der Waals surface area contributed by atoms with Gasteiger partial charge in [0, 0.05) is 24.9 Å². The van der Waals surface area contributed by atoms with Crippen LogP contribution in [0.1, 0.15) is 19.8 Å². The van der Waals surface area contributed by atoms with Crippen molar-refractivity contribution < 1.29 is 0 Å². The van der Waals surface area contributed by atoms with Crippen molar-refractivity contribution in [3.63, 3.8) is 0 Å². The molecule has 1 heterocycles. The molecule has 1 fully saturated rings. The van der Waals surface area contributed by atoms with Gasteiger partial charge in [-0.1, -0.05) is 0 Å². The van der Waals surface area contributed by atoms with Gasteiger partial charge in [0.2, 0.25) is 0 Å². The third kappa shape index (κ3) is 4.89. The van der Waals surface area contributed by atoms with Crippen molar-refractivity contribution in [2.75, 3.05) is 38.2 Å². The van der Waals surface area contributed by atoms with E-state index in [4.69, 9.17) is 0 Å². The minimum atomic E-state index is 0.664. The highest BCUT2D eigenvalue weighted by Gasteiger charge is 2.10. The van der Waals surface area contributed by atoms with Crippen LogP contribution < -0.4 is 5.32 Å². The Bertz CT molecular complexity index is 124. The van der Waals surface area contributed by atoms with Gasteiger partial charge in [0.1, 0.15) is 0 Å². The Morgan fingerprint density at radius 1 is 1.38 bits per heavy atom. The molecule has 0 aromatic rings. The maximum Gasteiger partial charge on any atom is 0.0130 e. The molecule has 1 aliphatic heterocycles. The van der Waals surface area contributed by atoms with Crippen molar-refractivity contribution in [1.82, 2.24) is 10.2 Å². The van der Waals surface area contributed by atoms with Gasteiger partial charge in [-0.25, -0.2) is 0 Å². The topological polar surface area (TPSA) is 15.3 Å². The Labute approximate surface area is 86.5 Å². The van der Waals surface area contributed by atoms with Gasteiger partial charge in [0.05, 0.1) is 0 Å². The van der Waals surface area contributed by atoms with Crippen LogP contribution in [-0.2, 0) is 0 Å². The Balaban J connectivity index is 1.93. The molecule has 0 saturated carbocycles. The molecule has 0 aliphatic carbocycles. The van der Waals surface area contributed by atoms with Crippen LogP contribution in [-0.4, -0.2) is 49.1 Å². The van der Waals surface area contributed by atoms with Crippen molar-refractivity contribution in [2.24, 2.45) is 0 Å². The minimum absolute atomic E-state index is 0.664. The number of hydrogen-bond donors (Lipinski definition) is 1. The fraction of sp³-hybridized carbons (Fsp3) is 1.00. The second-order valence-electron chi connectivity index (χ2n) is 3.86. The van der Waals surface area contributed by atoms with Crippen molar-refractivity contribution in [3.8, 4) is 0 Å². The second kappa shape index (κ2) is 6.68. The molecule has 2 nitrogen and oxygen atoms in total. The quantitative estimate of drug-likeness (QED) is 0.701. The molecule has 1 N–H and O–H groups in total. The first-order valence-corrected chi connectivity index (χ1v) is 6.67. The lowest BCUT2D eigenvalue weighted by Crippen LogP contribution is -2.35. The smallest absolute Gasteiger partial charge is 0.0130 e. The second-order valence-corrected chi connectivity index (χ2v) is 4.77. The number of likely N-dealkylation sites (tertiary alicyclic amines) is 1. The SMILES string of the molecule is CSCC(C)NCCN1CCCC1. The van der Waals surface area contributed by atoms with E-state index in [1.807, 2.05) is 11.8 Å². The minimum Gasteiger partial charge on any atom is -0.312 e. The van der Waals surface area contributed by atoms with Crippen LogP contribution in [0, 0.1) is 0 Å². The van der Waals surface area contributed by atoms with E-state index in [-0.39, 0.29) is 0 Å². The van der Waals surface area contributed by atoms with Gasteiger partial charge >= 0.3 is 0 Å². The van der Waals surface area contributed by atoms with Crippen molar-refractivity contribution in [1.29, 1.82) is 0 Å². The zero-order chi connectivity index (χ0) is 9.52. The molecule has 0 radical (unpaired) electrons. The first-order valence-electron chi connectivity index (χ1n) is 5.27. The summed E-state index contributed by atoms with van der Waals surface area (Å²) in [5, 5.41) is 3.55. The summed E-state index contributed by atoms with van der Waals surface area (Å²) in [4.78, 5) is 2.55. The van der Waals surface area contributed by atoms with E-state index >= 15 is 0 Å². The average molecular weight is 202 g/mol. The Morgan fingerprint density at radius 3 is 2.69 bits per heavy atom. The van der Waals surface area contributed by atoms with Gasteiger partial charge in [0.15, 0.2) is 0 Å². The summed E-state index contributed by atoms with van der Waals surface area (Å²) in [5.41, 5.74) is 0. The molecular formula is C10H22N2S. The summed E-state index contributed by atoms with van der Waals surface area (Å²) in [7, 11) is 0. The highest BCUT2D eigenvalue weighted by molar-refractivity contribution is 7.98. The summed E-state index contributed by atoms with van der Waals surface area (Å²) in [5.74, 6) is 1.22. The molecule has 0 bridgehead atoms. The first kappa shape index (κ1) is 11.3. The molecule has 3 heteroatoms. The van der Waals surface area contributed by atoms with Gasteiger partial charge in [-0.15, -0.1) is 0 Å². The van der Waals surface area contributed by atoms with Crippen molar-refractivity contribution >= 4 is 11.8 Å². The molecule has 1 rings (SSSR count). The average Bonchev–Trinajstić information content (AvgIpc) is 2.57. The molecule has 0 spiro atoms.